The van der Waals surface area contributed by atoms with Crippen LogP contribution in [-0.4, -0.2) is 10.7 Å². The third-order valence-corrected chi connectivity index (χ3v) is 6.82. The van der Waals surface area contributed by atoms with Crippen molar-refractivity contribution < 1.29 is 5.11 Å². The van der Waals surface area contributed by atoms with Crippen molar-refractivity contribution in [2.75, 3.05) is 0 Å². The van der Waals surface area contributed by atoms with Crippen LogP contribution in [0.25, 0.3) is 0 Å². The van der Waals surface area contributed by atoms with Gasteiger partial charge in [-0.2, -0.15) is 0 Å². The third kappa shape index (κ3) is 1.55. The van der Waals surface area contributed by atoms with E-state index in [0.29, 0.717) is 16.7 Å². The SMILES string of the molecule is CC(C)C(C)(O)C12CC3CC(C)(CC(C)(C3)C1)C2. The Morgan fingerprint density at radius 2 is 1.50 bits per heavy atom. The van der Waals surface area contributed by atoms with Crippen molar-refractivity contribution in [2.45, 2.75) is 78.7 Å². The Balaban J connectivity index is 2.04. The van der Waals surface area contributed by atoms with Crippen molar-refractivity contribution in [2.24, 2.45) is 28.1 Å². The first kappa shape index (κ1) is 13.0. The first-order valence-corrected chi connectivity index (χ1v) is 7.82. The van der Waals surface area contributed by atoms with E-state index in [1.54, 1.807) is 0 Å². The molecular formula is C17H30O. The highest BCUT2D eigenvalue weighted by atomic mass is 16.3. The molecule has 0 saturated heterocycles. The summed E-state index contributed by atoms with van der Waals surface area (Å²) in [7, 11) is 0. The fourth-order valence-electron chi connectivity index (χ4n) is 6.62. The molecule has 0 aliphatic heterocycles. The molecule has 3 atom stereocenters. The molecule has 3 unspecified atom stereocenters. The van der Waals surface area contributed by atoms with Gasteiger partial charge < -0.3 is 5.11 Å². The Morgan fingerprint density at radius 3 is 1.89 bits per heavy atom. The second-order valence-corrected chi connectivity index (χ2v) is 9.21. The molecule has 0 heterocycles. The van der Waals surface area contributed by atoms with E-state index in [1.807, 2.05) is 0 Å². The smallest absolute Gasteiger partial charge is 0.0698 e. The van der Waals surface area contributed by atoms with Crippen molar-refractivity contribution in [1.29, 1.82) is 0 Å². The second-order valence-electron chi connectivity index (χ2n) is 9.21. The first-order valence-electron chi connectivity index (χ1n) is 7.82. The highest BCUT2D eigenvalue weighted by Crippen LogP contribution is 2.72. The van der Waals surface area contributed by atoms with Crippen molar-refractivity contribution in [3.63, 3.8) is 0 Å². The number of hydrogen-bond acceptors (Lipinski definition) is 1. The summed E-state index contributed by atoms with van der Waals surface area (Å²) in [6.45, 7) is 11.5. The summed E-state index contributed by atoms with van der Waals surface area (Å²) in [6.07, 6.45) is 8.03. The van der Waals surface area contributed by atoms with Crippen molar-refractivity contribution >= 4 is 0 Å². The highest BCUT2D eigenvalue weighted by Gasteiger charge is 2.65. The maximum Gasteiger partial charge on any atom is 0.0698 e. The molecule has 18 heavy (non-hydrogen) atoms. The van der Waals surface area contributed by atoms with Gasteiger partial charge in [-0.25, -0.2) is 0 Å². The first-order chi connectivity index (χ1) is 8.10. The van der Waals surface area contributed by atoms with Crippen LogP contribution in [0.5, 0.6) is 0 Å². The van der Waals surface area contributed by atoms with Gasteiger partial charge in [-0.05, 0) is 68.1 Å². The van der Waals surface area contributed by atoms with Gasteiger partial charge in [0, 0.05) is 5.41 Å². The molecule has 0 spiro atoms. The van der Waals surface area contributed by atoms with E-state index in [2.05, 4.69) is 34.6 Å². The molecule has 0 amide bonds. The predicted octanol–water partition coefficient (Wildman–Crippen LogP) is 4.39. The maximum atomic E-state index is 11.2. The monoisotopic (exact) mass is 250 g/mol. The maximum absolute atomic E-state index is 11.2. The third-order valence-electron chi connectivity index (χ3n) is 6.82. The van der Waals surface area contributed by atoms with Crippen LogP contribution in [0.4, 0.5) is 0 Å². The molecule has 0 radical (unpaired) electrons. The molecule has 1 nitrogen and oxygen atoms in total. The molecular weight excluding hydrogens is 220 g/mol. The van der Waals surface area contributed by atoms with Crippen LogP contribution in [0.15, 0.2) is 0 Å². The van der Waals surface area contributed by atoms with Gasteiger partial charge in [0.25, 0.3) is 0 Å². The minimum atomic E-state index is -0.491. The summed E-state index contributed by atoms with van der Waals surface area (Å²) in [5, 5.41) is 11.2. The van der Waals surface area contributed by atoms with Crippen LogP contribution >= 0.6 is 0 Å². The second kappa shape index (κ2) is 3.34. The van der Waals surface area contributed by atoms with Gasteiger partial charge >= 0.3 is 0 Å². The molecule has 1 heteroatoms. The summed E-state index contributed by atoms with van der Waals surface area (Å²) >= 11 is 0. The number of hydrogen-bond donors (Lipinski definition) is 1. The minimum absolute atomic E-state index is 0.198. The van der Waals surface area contributed by atoms with Crippen LogP contribution < -0.4 is 0 Å². The van der Waals surface area contributed by atoms with E-state index >= 15 is 0 Å². The lowest BCUT2D eigenvalue weighted by atomic mass is 9.37. The fourth-order valence-corrected chi connectivity index (χ4v) is 6.62. The average molecular weight is 250 g/mol. The molecule has 4 rings (SSSR count). The summed E-state index contributed by atoms with van der Waals surface area (Å²) in [5.74, 6) is 1.24. The molecule has 0 aromatic rings. The van der Waals surface area contributed by atoms with Gasteiger partial charge in [0.05, 0.1) is 5.60 Å². The molecule has 4 saturated carbocycles. The molecule has 0 aromatic heterocycles. The van der Waals surface area contributed by atoms with Gasteiger partial charge in [0.15, 0.2) is 0 Å². The Hall–Kier alpha value is -0.0400. The molecule has 1 N–H and O–H groups in total. The molecule has 4 aliphatic rings. The molecule has 4 fully saturated rings. The number of rotatable bonds is 2. The quantitative estimate of drug-likeness (QED) is 0.770. The lowest BCUT2D eigenvalue weighted by Crippen LogP contribution is -2.63. The predicted molar refractivity (Wildman–Crippen MR) is 75.3 cm³/mol. The van der Waals surface area contributed by atoms with Gasteiger partial charge in [-0.1, -0.05) is 27.7 Å². The molecule has 0 aromatic carbocycles. The van der Waals surface area contributed by atoms with Crippen LogP contribution in [-0.2, 0) is 0 Å². The van der Waals surface area contributed by atoms with Crippen LogP contribution in [0.3, 0.4) is 0 Å². The zero-order chi connectivity index (χ0) is 13.4. The average Bonchev–Trinajstić information content (AvgIpc) is 2.10. The van der Waals surface area contributed by atoms with E-state index in [9.17, 15) is 5.11 Å². The summed E-state index contributed by atoms with van der Waals surface area (Å²) in [4.78, 5) is 0. The van der Waals surface area contributed by atoms with Crippen molar-refractivity contribution in [1.82, 2.24) is 0 Å². The van der Waals surface area contributed by atoms with Crippen molar-refractivity contribution in [3.8, 4) is 0 Å². The molecule has 104 valence electrons. The Morgan fingerprint density at radius 1 is 1.00 bits per heavy atom. The fraction of sp³-hybridized carbons (Fsp3) is 1.00. The Bertz CT molecular complexity index is 350. The molecule has 4 bridgehead atoms. The Kier molecular flexibility index (Phi) is 2.41. The van der Waals surface area contributed by atoms with Gasteiger partial charge in [-0.15, -0.1) is 0 Å². The lowest BCUT2D eigenvalue weighted by molar-refractivity contribution is -0.232. The number of aliphatic hydroxyl groups is 1. The van der Waals surface area contributed by atoms with E-state index in [-0.39, 0.29) is 5.41 Å². The zero-order valence-electron chi connectivity index (χ0n) is 12.8. The highest BCUT2D eigenvalue weighted by molar-refractivity contribution is 5.15. The summed E-state index contributed by atoms with van der Waals surface area (Å²) in [5.41, 5.74) is 0.721. The van der Waals surface area contributed by atoms with Crippen LogP contribution in [0.1, 0.15) is 73.1 Å². The van der Waals surface area contributed by atoms with Gasteiger partial charge in [0.2, 0.25) is 0 Å². The largest absolute Gasteiger partial charge is 0.389 e. The van der Waals surface area contributed by atoms with E-state index in [0.717, 1.165) is 5.92 Å². The standard InChI is InChI=1S/C17H30O/c1-12(2)16(5,18)17-8-13-6-14(3,10-17)9-15(4,7-13)11-17/h12-13,18H,6-11H2,1-5H3. The van der Waals surface area contributed by atoms with E-state index < -0.39 is 5.60 Å². The lowest BCUT2D eigenvalue weighted by Gasteiger charge is -2.69. The molecule has 4 aliphatic carbocycles. The normalized spacial score (nSPS) is 53.8. The Labute approximate surface area is 112 Å². The summed E-state index contributed by atoms with van der Waals surface area (Å²) < 4.78 is 0. The van der Waals surface area contributed by atoms with Gasteiger partial charge in [-0.3, -0.25) is 0 Å². The minimum Gasteiger partial charge on any atom is -0.389 e. The van der Waals surface area contributed by atoms with Crippen LogP contribution in [0.2, 0.25) is 0 Å². The van der Waals surface area contributed by atoms with E-state index in [1.165, 1.54) is 38.5 Å². The summed E-state index contributed by atoms with van der Waals surface area (Å²) in [6, 6.07) is 0. The van der Waals surface area contributed by atoms with Gasteiger partial charge in [0.1, 0.15) is 0 Å². The van der Waals surface area contributed by atoms with Crippen molar-refractivity contribution in [3.05, 3.63) is 0 Å². The van der Waals surface area contributed by atoms with E-state index in [4.69, 9.17) is 0 Å². The topological polar surface area (TPSA) is 20.2 Å². The zero-order valence-corrected chi connectivity index (χ0v) is 12.8. The van der Waals surface area contributed by atoms with Crippen LogP contribution in [0, 0.1) is 28.1 Å².